The minimum absolute atomic E-state index is 0.201. The topological polar surface area (TPSA) is 137 Å². The number of nitrogens with two attached hydrogens (primary N) is 1. The number of nitrogens with one attached hydrogen (secondary N) is 2. The van der Waals surface area contributed by atoms with Crippen molar-refractivity contribution in [2.24, 2.45) is 5.84 Å². The van der Waals surface area contributed by atoms with Crippen LogP contribution >= 0.6 is 0 Å². The average Bonchev–Trinajstić information content (AvgIpc) is 2.84. The Balaban J connectivity index is 1.95. The standard InChI is InChI=1S/C10H16N8O2/c1-3-19-10-15-8(14-9(16-10)17-11)12-5-4-7-13-6(2)18-20-7/h3-5,11H2,1-2H3,(H2,12,14,15,16,17). The van der Waals surface area contributed by atoms with Crippen LogP contribution in [0.3, 0.4) is 0 Å². The van der Waals surface area contributed by atoms with E-state index in [2.05, 4.69) is 35.8 Å². The molecule has 2 rings (SSSR count). The van der Waals surface area contributed by atoms with Gasteiger partial charge in [-0.1, -0.05) is 5.16 Å². The number of nitrogen functional groups attached to an aromatic ring is 1. The Bertz CT molecular complexity index is 558. The third-order valence-electron chi connectivity index (χ3n) is 2.21. The summed E-state index contributed by atoms with van der Waals surface area (Å²) < 4.78 is 10.2. The Morgan fingerprint density at radius 2 is 2.00 bits per heavy atom. The largest absolute Gasteiger partial charge is 0.464 e. The third-order valence-corrected chi connectivity index (χ3v) is 2.21. The lowest BCUT2D eigenvalue weighted by atomic mass is 10.4. The van der Waals surface area contributed by atoms with Gasteiger partial charge in [0.25, 0.3) is 0 Å². The van der Waals surface area contributed by atoms with Crippen LogP contribution in [0.2, 0.25) is 0 Å². The second-order valence-electron chi connectivity index (χ2n) is 3.75. The van der Waals surface area contributed by atoms with Crippen LogP contribution in [-0.4, -0.2) is 38.2 Å². The fourth-order valence-electron chi connectivity index (χ4n) is 1.42. The van der Waals surface area contributed by atoms with E-state index in [1.54, 1.807) is 6.92 Å². The Morgan fingerprint density at radius 1 is 1.20 bits per heavy atom. The molecule has 0 aliphatic carbocycles. The first-order valence-corrected chi connectivity index (χ1v) is 6.09. The number of rotatable bonds is 7. The van der Waals surface area contributed by atoms with Gasteiger partial charge in [0.15, 0.2) is 5.82 Å². The smallest absolute Gasteiger partial charge is 0.323 e. The fourth-order valence-corrected chi connectivity index (χ4v) is 1.42. The molecule has 2 heterocycles. The van der Waals surface area contributed by atoms with E-state index in [1.165, 1.54) is 0 Å². The van der Waals surface area contributed by atoms with Gasteiger partial charge < -0.3 is 14.6 Å². The van der Waals surface area contributed by atoms with Crippen molar-refractivity contribution in [1.82, 2.24) is 25.1 Å². The summed E-state index contributed by atoms with van der Waals surface area (Å²) in [6.45, 7) is 4.58. The highest BCUT2D eigenvalue weighted by Gasteiger charge is 2.07. The summed E-state index contributed by atoms with van der Waals surface area (Å²) >= 11 is 0. The number of ether oxygens (including phenoxy) is 1. The zero-order valence-corrected chi connectivity index (χ0v) is 11.3. The number of aryl methyl sites for hydroxylation is 1. The predicted octanol–water partition coefficient (Wildman–Crippen LogP) is -0.0981. The molecule has 0 aliphatic heterocycles. The molecular weight excluding hydrogens is 264 g/mol. The van der Waals surface area contributed by atoms with Gasteiger partial charge in [-0.15, -0.1) is 0 Å². The normalized spacial score (nSPS) is 10.3. The van der Waals surface area contributed by atoms with Crippen molar-refractivity contribution in [3.63, 3.8) is 0 Å². The zero-order valence-electron chi connectivity index (χ0n) is 11.3. The molecule has 10 heteroatoms. The Morgan fingerprint density at radius 3 is 2.65 bits per heavy atom. The van der Waals surface area contributed by atoms with Crippen LogP contribution in [0.4, 0.5) is 11.9 Å². The van der Waals surface area contributed by atoms with Crippen molar-refractivity contribution >= 4 is 11.9 Å². The summed E-state index contributed by atoms with van der Waals surface area (Å²) in [5.74, 6) is 7.02. The minimum Gasteiger partial charge on any atom is -0.464 e. The molecule has 2 aromatic rings. The average molecular weight is 280 g/mol. The molecule has 0 spiro atoms. The van der Waals surface area contributed by atoms with E-state index in [0.29, 0.717) is 37.2 Å². The van der Waals surface area contributed by atoms with Crippen molar-refractivity contribution in [1.29, 1.82) is 0 Å². The molecule has 0 atom stereocenters. The van der Waals surface area contributed by atoms with E-state index in [4.69, 9.17) is 15.1 Å². The molecule has 20 heavy (non-hydrogen) atoms. The highest BCUT2D eigenvalue weighted by molar-refractivity contribution is 5.34. The first-order valence-electron chi connectivity index (χ1n) is 6.09. The molecular formula is C10H16N8O2. The Kier molecular flexibility index (Phi) is 4.60. The molecule has 0 unspecified atom stereocenters. The molecule has 0 saturated heterocycles. The molecule has 10 nitrogen and oxygen atoms in total. The van der Waals surface area contributed by atoms with Crippen LogP contribution < -0.4 is 21.3 Å². The van der Waals surface area contributed by atoms with Crippen molar-refractivity contribution in [3.05, 3.63) is 11.7 Å². The first-order chi connectivity index (χ1) is 9.71. The van der Waals surface area contributed by atoms with E-state index in [-0.39, 0.29) is 12.0 Å². The lowest BCUT2D eigenvalue weighted by Crippen LogP contribution is -2.15. The first kappa shape index (κ1) is 13.9. The molecule has 0 amide bonds. The van der Waals surface area contributed by atoms with Crippen molar-refractivity contribution in [3.8, 4) is 6.01 Å². The number of hydrogen-bond donors (Lipinski definition) is 3. The molecule has 2 aromatic heterocycles. The van der Waals surface area contributed by atoms with Gasteiger partial charge in [0.1, 0.15) is 0 Å². The van der Waals surface area contributed by atoms with Crippen molar-refractivity contribution in [2.75, 3.05) is 23.9 Å². The molecule has 0 bridgehead atoms. The fraction of sp³-hybridized carbons (Fsp3) is 0.500. The van der Waals surface area contributed by atoms with Gasteiger partial charge in [-0.3, -0.25) is 5.43 Å². The highest BCUT2D eigenvalue weighted by atomic mass is 16.5. The molecule has 108 valence electrons. The Labute approximate surface area is 115 Å². The van der Waals surface area contributed by atoms with E-state index >= 15 is 0 Å². The number of hydrazine groups is 1. The zero-order chi connectivity index (χ0) is 14.4. The number of aromatic nitrogens is 5. The summed E-state index contributed by atoms with van der Waals surface area (Å²) in [7, 11) is 0. The maximum atomic E-state index is 5.29. The molecule has 0 aromatic carbocycles. The summed E-state index contributed by atoms with van der Waals surface area (Å²) in [5, 5.41) is 6.72. The van der Waals surface area contributed by atoms with Crippen LogP contribution in [0, 0.1) is 6.92 Å². The molecule has 0 aliphatic rings. The Hall–Kier alpha value is -2.49. The van der Waals surface area contributed by atoms with Crippen LogP contribution in [0.5, 0.6) is 6.01 Å². The minimum atomic E-state index is 0.201. The van der Waals surface area contributed by atoms with Crippen molar-refractivity contribution in [2.45, 2.75) is 20.3 Å². The van der Waals surface area contributed by atoms with E-state index in [1.807, 2.05) is 6.92 Å². The van der Waals surface area contributed by atoms with Crippen LogP contribution in [0.1, 0.15) is 18.6 Å². The monoisotopic (exact) mass is 280 g/mol. The van der Waals surface area contributed by atoms with Gasteiger partial charge in [0.05, 0.1) is 6.61 Å². The summed E-state index contributed by atoms with van der Waals surface area (Å²) in [5.41, 5.74) is 2.35. The van der Waals surface area contributed by atoms with Crippen LogP contribution in [0.25, 0.3) is 0 Å². The van der Waals surface area contributed by atoms with Gasteiger partial charge in [0.2, 0.25) is 17.8 Å². The van der Waals surface area contributed by atoms with Crippen LogP contribution in [-0.2, 0) is 6.42 Å². The van der Waals surface area contributed by atoms with E-state index in [0.717, 1.165) is 0 Å². The lowest BCUT2D eigenvalue weighted by molar-refractivity contribution is 0.312. The number of hydrogen-bond acceptors (Lipinski definition) is 10. The SMILES string of the molecule is CCOc1nc(NN)nc(NCCc2nc(C)no2)n1. The summed E-state index contributed by atoms with van der Waals surface area (Å²) in [6.07, 6.45) is 0.557. The lowest BCUT2D eigenvalue weighted by Gasteiger charge is -2.07. The number of nitrogens with zero attached hydrogens (tertiary/aromatic N) is 5. The van der Waals surface area contributed by atoms with Crippen LogP contribution in [0.15, 0.2) is 4.52 Å². The maximum absolute atomic E-state index is 5.29. The molecule has 0 radical (unpaired) electrons. The third kappa shape index (κ3) is 3.75. The van der Waals surface area contributed by atoms with Gasteiger partial charge in [0, 0.05) is 13.0 Å². The van der Waals surface area contributed by atoms with Gasteiger partial charge in [-0.05, 0) is 13.8 Å². The molecule has 4 N–H and O–H groups in total. The van der Waals surface area contributed by atoms with Gasteiger partial charge in [-0.25, -0.2) is 5.84 Å². The molecule has 0 fully saturated rings. The van der Waals surface area contributed by atoms with E-state index < -0.39 is 0 Å². The quantitative estimate of drug-likeness (QED) is 0.465. The maximum Gasteiger partial charge on any atom is 0.323 e. The highest BCUT2D eigenvalue weighted by Crippen LogP contribution is 2.10. The second-order valence-corrected chi connectivity index (χ2v) is 3.75. The predicted molar refractivity (Wildman–Crippen MR) is 70.0 cm³/mol. The summed E-state index contributed by atoms with van der Waals surface area (Å²) in [4.78, 5) is 16.2. The van der Waals surface area contributed by atoms with Crippen molar-refractivity contribution < 1.29 is 9.26 Å². The second kappa shape index (κ2) is 6.61. The van der Waals surface area contributed by atoms with E-state index in [9.17, 15) is 0 Å². The summed E-state index contributed by atoms with van der Waals surface area (Å²) in [6, 6.07) is 0.201. The van der Waals surface area contributed by atoms with Gasteiger partial charge >= 0.3 is 6.01 Å². The number of anilines is 2. The molecule has 0 saturated carbocycles. The van der Waals surface area contributed by atoms with Gasteiger partial charge in [-0.2, -0.15) is 19.9 Å².